The lowest BCUT2D eigenvalue weighted by atomic mass is 10.0. The van der Waals surface area contributed by atoms with Crippen LogP contribution in [0.3, 0.4) is 0 Å². The predicted octanol–water partition coefficient (Wildman–Crippen LogP) is 7.86. The zero-order valence-corrected chi connectivity index (χ0v) is 19.5. The van der Waals surface area contributed by atoms with E-state index in [2.05, 4.69) is 62.4 Å². The van der Waals surface area contributed by atoms with E-state index < -0.39 is 0 Å². The minimum atomic E-state index is 0.747. The van der Waals surface area contributed by atoms with Crippen molar-refractivity contribution in [3.63, 3.8) is 0 Å². The van der Waals surface area contributed by atoms with Crippen molar-refractivity contribution < 1.29 is 14.2 Å². The van der Waals surface area contributed by atoms with Gasteiger partial charge in [-0.25, -0.2) is 0 Å². The predicted molar refractivity (Wildman–Crippen MR) is 133 cm³/mol. The monoisotopic (exact) mass is 432 g/mol. The Hall–Kier alpha value is -2.94. The molecular weight excluding hydrogens is 396 g/mol. The van der Waals surface area contributed by atoms with Gasteiger partial charge >= 0.3 is 0 Å². The summed E-state index contributed by atoms with van der Waals surface area (Å²) in [5, 5.41) is 0. The standard InChI is InChI=1S/C29H36O3/c1-3-4-21-30-28-17-19-29(20-18-28)32-23-8-6-5-7-22-31-27-15-13-26(14-16-27)25-11-9-24(2)10-12-25/h9-20H,3-8,21-23H2,1-2H3. The first kappa shape index (κ1) is 23.7. The summed E-state index contributed by atoms with van der Waals surface area (Å²) in [5.74, 6) is 2.76. The van der Waals surface area contributed by atoms with Gasteiger partial charge in [-0.2, -0.15) is 0 Å². The van der Waals surface area contributed by atoms with Crippen LogP contribution in [0.1, 0.15) is 51.0 Å². The Balaban J connectivity index is 1.24. The Morgan fingerprint density at radius 1 is 0.469 bits per heavy atom. The maximum absolute atomic E-state index is 5.90. The van der Waals surface area contributed by atoms with E-state index in [-0.39, 0.29) is 0 Å². The number of aryl methyl sites for hydroxylation is 1. The van der Waals surface area contributed by atoms with Crippen LogP contribution < -0.4 is 14.2 Å². The van der Waals surface area contributed by atoms with Gasteiger partial charge in [-0.05, 0) is 86.6 Å². The molecule has 0 radical (unpaired) electrons. The van der Waals surface area contributed by atoms with Gasteiger partial charge in [0.25, 0.3) is 0 Å². The third kappa shape index (κ3) is 8.30. The number of benzene rings is 3. The zero-order chi connectivity index (χ0) is 22.4. The minimum Gasteiger partial charge on any atom is -0.494 e. The fraction of sp³-hybridized carbons (Fsp3) is 0.379. The first-order valence-electron chi connectivity index (χ1n) is 11.9. The van der Waals surface area contributed by atoms with E-state index in [0.29, 0.717) is 0 Å². The lowest BCUT2D eigenvalue weighted by molar-refractivity contribution is 0.286. The Morgan fingerprint density at radius 3 is 1.28 bits per heavy atom. The van der Waals surface area contributed by atoms with Crippen molar-refractivity contribution in [2.24, 2.45) is 0 Å². The molecule has 3 heteroatoms. The summed E-state index contributed by atoms with van der Waals surface area (Å²) in [5.41, 5.74) is 3.74. The van der Waals surface area contributed by atoms with Crippen molar-refractivity contribution in [3.8, 4) is 28.4 Å². The molecule has 32 heavy (non-hydrogen) atoms. The van der Waals surface area contributed by atoms with Crippen LogP contribution in [0.5, 0.6) is 17.2 Å². The van der Waals surface area contributed by atoms with Gasteiger partial charge in [0.05, 0.1) is 19.8 Å². The second-order valence-corrected chi connectivity index (χ2v) is 8.17. The van der Waals surface area contributed by atoms with Crippen LogP contribution in [-0.4, -0.2) is 19.8 Å². The summed E-state index contributed by atoms with van der Waals surface area (Å²) in [6, 6.07) is 24.9. The molecule has 3 aromatic carbocycles. The fourth-order valence-electron chi connectivity index (χ4n) is 3.39. The molecule has 0 aromatic heterocycles. The molecule has 3 rings (SSSR count). The summed E-state index contributed by atoms with van der Waals surface area (Å²) in [6.45, 7) is 6.55. The highest BCUT2D eigenvalue weighted by atomic mass is 16.5. The molecule has 0 spiro atoms. The lowest BCUT2D eigenvalue weighted by Gasteiger charge is -2.09. The minimum absolute atomic E-state index is 0.747. The number of rotatable bonds is 14. The quantitative estimate of drug-likeness (QED) is 0.243. The summed E-state index contributed by atoms with van der Waals surface area (Å²) in [4.78, 5) is 0. The first-order valence-corrected chi connectivity index (χ1v) is 11.9. The molecule has 0 heterocycles. The summed E-state index contributed by atoms with van der Waals surface area (Å²) in [6.07, 6.45) is 6.64. The second kappa shape index (κ2) is 13.5. The SMILES string of the molecule is CCCCOc1ccc(OCCCCCCOc2ccc(-c3ccc(C)cc3)cc2)cc1. The topological polar surface area (TPSA) is 27.7 Å². The van der Waals surface area contributed by atoms with E-state index >= 15 is 0 Å². The van der Waals surface area contributed by atoms with Crippen molar-refractivity contribution in [1.82, 2.24) is 0 Å². The van der Waals surface area contributed by atoms with E-state index in [9.17, 15) is 0 Å². The van der Waals surface area contributed by atoms with Gasteiger partial charge in [-0.3, -0.25) is 0 Å². The fourth-order valence-corrected chi connectivity index (χ4v) is 3.39. The summed E-state index contributed by atoms with van der Waals surface area (Å²) < 4.78 is 17.4. The Morgan fingerprint density at radius 2 is 0.844 bits per heavy atom. The largest absolute Gasteiger partial charge is 0.494 e. The van der Waals surface area contributed by atoms with Gasteiger partial charge in [-0.15, -0.1) is 0 Å². The van der Waals surface area contributed by atoms with Crippen LogP contribution in [0.2, 0.25) is 0 Å². The highest BCUT2D eigenvalue weighted by molar-refractivity contribution is 5.64. The van der Waals surface area contributed by atoms with Crippen LogP contribution >= 0.6 is 0 Å². The van der Waals surface area contributed by atoms with Crippen LogP contribution in [0.25, 0.3) is 11.1 Å². The van der Waals surface area contributed by atoms with E-state index in [4.69, 9.17) is 14.2 Å². The molecule has 0 fully saturated rings. The summed E-state index contributed by atoms with van der Waals surface area (Å²) >= 11 is 0. The Bertz CT molecular complexity index is 883. The van der Waals surface area contributed by atoms with Gasteiger partial charge in [0.15, 0.2) is 0 Å². The van der Waals surface area contributed by atoms with Crippen LogP contribution in [0.15, 0.2) is 72.8 Å². The molecule has 0 atom stereocenters. The van der Waals surface area contributed by atoms with Crippen LogP contribution in [0.4, 0.5) is 0 Å². The maximum Gasteiger partial charge on any atom is 0.119 e. The van der Waals surface area contributed by atoms with Crippen molar-refractivity contribution in [1.29, 1.82) is 0 Å². The third-order valence-electron chi connectivity index (χ3n) is 5.41. The number of hydrogen-bond acceptors (Lipinski definition) is 3. The van der Waals surface area contributed by atoms with Gasteiger partial charge < -0.3 is 14.2 Å². The van der Waals surface area contributed by atoms with Crippen molar-refractivity contribution in [2.45, 2.75) is 52.4 Å². The molecular formula is C29H36O3. The molecule has 0 aliphatic heterocycles. The van der Waals surface area contributed by atoms with Gasteiger partial charge in [0.1, 0.15) is 17.2 Å². The van der Waals surface area contributed by atoms with Gasteiger partial charge in [0.2, 0.25) is 0 Å². The highest BCUT2D eigenvalue weighted by Crippen LogP contribution is 2.23. The molecule has 0 saturated heterocycles. The molecule has 0 bridgehead atoms. The van der Waals surface area contributed by atoms with Gasteiger partial charge in [-0.1, -0.05) is 55.3 Å². The third-order valence-corrected chi connectivity index (χ3v) is 5.41. The second-order valence-electron chi connectivity index (χ2n) is 8.17. The molecule has 170 valence electrons. The molecule has 0 aliphatic carbocycles. The number of unbranched alkanes of at least 4 members (excludes halogenated alkanes) is 4. The van der Waals surface area contributed by atoms with E-state index in [1.807, 2.05) is 24.3 Å². The number of ether oxygens (including phenoxy) is 3. The van der Waals surface area contributed by atoms with E-state index in [1.54, 1.807) is 0 Å². The normalized spacial score (nSPS) is 10.7. The van der Waals surface area contributed by atoms with E-state index in [1.165, 1.54) is 16.7 Å². The van der Waals surface area contributed by atoms with Gasteiger partial charge in [0, 0.05) is 0 Å². The van der Waals surface area contributed by atoms with Crippen molar-refractivity contribution in [3.05, 3.63) is 78.4 Å². The number of hydrogen-bond donors (Lipinski definition) is 0. The average molecular weight is 433 g/mol. The zero-order valence-electron chi connectivity index (χ0n) is 19.5. The van der Waals surface area contributed by atoms with E-state index in [0.717, 1.165) is 75.6 Å². The molecule has 0 saturated carbocycles. The maximum atomic E-state index is 5.90. The van der Waals surface area contributed by atoms with Crippen LogP contribution in [0, 0.1) is 6.92 Å². The van der Waals surface area contributed by atoms with Crippen molar-refractivity contribution >= 4 is 0 Å². The molecule has 0 unspecified atom stereocenters. The molecule has 0 amide bonds. The molecule has 3 aromatic rings. The Kier molecular flexibility index (Phi) is 9.98. The van der Waals surface area contributed by atoms with Crippen molar-refractivity contribution in [2.75, 3.05) is 19.8 Å². The first-order chi connectivity index (χ1) is 15.7. The Labute approximate surface area is 193 Å². The molecule has 3 nitrogen and oxygen atoms in total. The highest BCUT2D eigenvalue weighted by Gasteiger charge is 2.00. The molecule has 0 aliphatic rings. The smallest absolute Gasteiger partial charge is 0.119 e. The average Bonchev–Trinajstić information content (AvgIpc) is 2.83. The lowest BCUT2D eigenvalue weighted by Crippen LogP contribution is -2.00. The van der Waals surface area contributed by atoms with Crippen LogP contribution in [-0.2, 0) is 0 Å². The molecule has 0 N–H and O–H groups in total. The summed E-state index contributed by atoms with van der Waals surface area (Å²) in [7, 11) is 0.